The van der Waals surface area contributed by atoms with Gasteiger partial charge in [0.15, 0.2) is 0 Å². The molecule has 0 fully saturated rings. The fourth-order valence-corrected chi connectivity index (χ4v) is 2.54. The molecule has 2 rings (SSSR count). The molecule has 1 N–H and O–H groups in total. The van der Waals surface area contributed by atoms with E-state index in [4.69, 9.17) is 5.11 Å². The van der Waals surface area contributed by atoms with E-state index in [1.807, 2.05) is 11.6 Å². The molecule has 0 saturated carbocycles. The Morgan fingerprint density at radius 2 is 2.43 bits per heavy atom. The van der Waals surface area contributed by atoms with Crippen LogP contribution >= 0.6 is 11.3 Å². The Morgan fingerprint density at radius 1 is 1.64 bits per heavy atom. The minimum absolute atomic E-state index is 0.0526. The first-order valence-electron chi connectivity index (χ1n) is 4.49. The smallest absolute Gasteiger partial charge is 0.323 e. The molecule has 2 aromatic rings. The number of nitrogens with zero attached hydrogens (tertiary/aromatic N) is 1. The molecule has 0 aliphatic carbocycles. The van der Waals surface area contributed by atoms with E-state index in [-0.39, 0.29) is 6.54 Å². The average molecular weight is 209 g/mol. The van der Waals surface area contributed by atoms with Crippen LogP contribution < -0.4 is 0 Å². The van der Waals surface area contributed by atoms with Crippen LogP contribution in [0.1, 0.15) is 12.5 Å². The summed E-state index contributed by atoms with van der Waals surface area (Å²) in [5, 5.41) is 11.9. The van der Waals surface area contributed by atoms with Crippen molar-refractivity contribution in [3.8, 4) is 0 Å². The lowest BCUT2D eigenvalue weighted by Gasteiger charge is -1.96. The number of hydrogen-bond acceptors (Lipinski definition) is 2. The Morgan fingerprint density at radius 3 is 3.07 bits per heavy atom. The van der Waals surface area contributed by atoms with Crippen molar-refractivity contribution in [1.82, 2.24) is 4.57 Å². The number of carboxylic acids is 1. The van der Waals surface area contributed by atoms with Gasteiger partial charge in [-0.15, -0.1) is 11.3 Å². The van der Waals surface area contributed by atoms with Crippen LogP contribution in [-0.4, -0.2) is 15.6 Å². The van der Waals surface area contributed by atoms with Crippen LogP contribution in [0.3, 0.4) is 0 Å². The summed E-state index contributed by atoms with van der Waals surface area (Å²) in [4.78, 5) is 11.7. The molecule has 0 bridgehead atoms. The summed E-state index contributed by atoms with van der Waals surface area (Å²) in [7, 11) is 0. The largest absolute Gasteiger partial charge is 0.480 e. The Hall–Kier alpha value is -1.29. The number of fused-ring (bicyclic) bond motifs is 1. The molecular formula is C10H11NO2S. The quantitative estimate of drug-likeness (QED) is 0.843. The van der Waals surface area contributed by atoms with Crippen LogP contribution in [0.4, 0.5) is 0 Å². The molecule has 74 valence electrons. The van der Waals surface area contributed by atoms with Crippen LogP contribution in [0.15, 0.2) is 17.6 Å². The van der Waals surface area contributed by atoms with Crippen molar-refractivity contribution >= 4 is 27.5 Å². The van der Waals surface area contributed by atoms with Crippen molar-refractivity contribution in [1.29, 1.82) is 0 Å². The standard InChI is InChI=1S/C10H11NO2S/c1-2-7-5-11(6-9(12)13)10-8(7)3-4-14-10/h3-5H,2,6H2,1H3,(H,12,13). The molecule has 0 saturated heterocycles. The topological polar surface area (TPSA) is 42.2 Å². The Labute approximate surface area is 85.6 Å². The second-order valence-corrected chi connectivity index (χ2v) is 4.06. The van der Waals surface area contributed by atoms with Gasteiger partial charge < -0.3 is 9.67 Å². The molecule has 0 aromatic carbocycles. The highest BCUT2D eigenvalue weighted by Gasteiger charge is 2.09. The Bertz CT molecular complexity index is 469. The maximum atomic E-state index is 10.6. The molecule has 0 spiro atoms. The van der Waals surface area contributed by atoms with Gasteiger partial charge in [-0.1, -0.05) is 6.92 Å². The van der Waals surface area contributed by atoms with Gasteiger partial charge in [-0.2, -0.15) is 0 Å². The fraction of sp³-hybridized carbons (Fsp3) is 0.300. The third-order valence-electron chi connectivity index (χ3n) is 2.25. The van der Waals surface area contributed by atoms with Gasteiger partial charge in [0.1, 0.15) is 11.4 Å². The molecule has 0 aliphatic rings. The second kappa shape index (κ2) is 3.46. The zero-order chi connectivity index (χ0) is 10.1. The first-order chi connectivity index (χ1) is 6.72. The number of thiophene rings is 1. The molecule has 0 atom stereocenters. The summed E-state index contributed by atoms with van der Waals surface area (Å²) in [5.74, 6) is -0.794. The second-order valence-electron chi connectivity index (χ2n) is 3.17. The predicted molar refractivity (Wildman–Crippen MR) is 56.8 cm³/mol. The number of aromatic nitrogens is 1. The lowest BCUT2D eigenvalue weighted by molar-refractivity contribution is -0.137. The maximum absolute atomic E-state index is 10.6. The molecule has 4 heteroatoms. The molecule has 3 nitrogen and oxygen atoms in total. The van der Waals surface area contributed by atoms with Crippen LogP contribution in [0.25, 0.3) is 10.2 Å². The van der Waals surface area contributed by atoms with Gasteiger partial charge in [0, 0.05) is 11.6 Å². The Kier molecular flexibility index (Phi) is 2.29. The first-order valence-corrected chi connectivity index (χ1v) is 5.37. The van der Waals surface area contributed by atoms with Gasteiger partial charge in [-0.05, 0) is 23.4 Å². The van der Waals surface area contributed by atoms with Gasteiger partial charge in [-0.3, -0.25) is 4.79 Å². The molecule has 0 unspecified atom stereocenters. The van der Waals surface area contributed by atoms with Gasteiger partial charge in [0.25, 0.3) is 0 Å². The lowest BCUT2D eigenvalue weighted by atomic mass is 10.2. The van der Waals surface area contributed by atoms with E-state index in [9.17, 15) is 4.79 Å². The third-order valence-corrected chi connectivity index (χ3v) is 3.20. The molecule has 0 aliphatic heterocycles. The number of aryl methyl sites for hydroxylation is 1. The van der Waals surface area contributed by atoms with Gasteiger partial charge in [-0.25, -0.2) is 0 Å². The fourth-order valence-electron chi connectivity index (χ4n) is 1.63. The number of hydrogen-bond donors (Lipinski definition) is 1. The summed E-state index contributed by atoms with van der Waals surface area (Å²) in [5.41, 5.74) is 1.22. The Balaban J connectivity index is 2.53. The highest BCUT2D eigenvalue weighted by Crippen LogP contribution is 2.26. The summed E-state index contributed by atoms with van der Waals surface area (Å²) in [6.07, 6.45) is 2.88. The van der Waals surface area contributed by atoms with E-state index in [1.165, 1.54) is 10.9 Å². The molecule has 0 amide bonds. The SMILES string of the molecule is CCc1cn(CC(=O)O)c2sccc12. The van der Waals surface area contributed by atoms with Crippen LogP contribution in [0.5, 0.6) is 0 Å². The molecule has 14 heavy (non-hydrogen) atoms. The zero-order valence-corrected chi connectivity index (χ0v) is 8.67. The highest BCUT2D eigenvalue weighted by atomic mass is 32.1. The molecular weight excluding hydrogens is 198 g/mol. The van der Waals surface area contributed by atoms with Crippen molar-refractivity contribution in [3.63, 3.8) is 0 Å². The minimum atomic E-state index is -0.794. The van der Waals surface area contributed by atoms with Gasteiger partial charge in [0.2, 0.25) is 0 Å². The lowest BCUT2D eigenvalue weighted by Crippen LogP contribution is -2.06. The zero-order valence-electron chi connectivity index (χ0n) is 7.86. The number of rotatable bonds is 3. The van der Waals surface area contributed by atoms with Gasteiger partial charge in [0.05, 0.1) is 0 Å². The molecule has 2 aromatic heterocycles. The maximum Gasteiger partial charge on any atom is 0.323 e. The summed E-state index contributed by atoms with van der Waals surface area (Å²) in [6, 6.07) is 2.05. The van der Waals surface area contributed by atoms with E-state index in [0.717, 1.165) is 11.3 Å². The third kappa shape index (κ3) is 1.42. The van der Waals surface area contributed by atoms with Crippen molar-refractivity contribution in [3.05, 3.63) is 23.2 Å². The van der Waals surface area contributed by atoms with Gasteiger partial charge >= 0.3 is 5.97 Å². The van der Waals surface area contributed by atoms with E-state index in [2.05, 4.69) is 13.0 Å². The number of aliphatic carboxylic acids is 1. The minimum Gasteiger partial charge on any atom is -0.480 e. The van der Waals surface area contributed by atoms with Crippen molar-refractivity contribution in [2.24, 2.45) is 0 Å². The van der Waals surface area contributed by atoms with E-state index in [1.54, 1.807) is 15.9 Å². The highest BCUT2D eigenvalue weighted by molar-refractivity contribution is 7.16. The summed E-state index contributed by atoms with van der Waals surface area (Å²) < 4.78 is 1.81. The number of carbonyl (C=O) groups is 1. The van der Waals surface area contributed by atoms with Crippen molar-refractivity contribution < 1.29 is 9.90 Å². The van der Waals surface area contributed by atoms with Crippen LogP contribution in [0.2, 0.25) is 0 Å². The summed E-state index contributed by atoms with van der Waals surface area (Å²) >= 11 is 1.59. The molecule has 2 heterocycles. The summed E-state index contributed by atoms with van der Waals surface area (Å²) in [6.45, 7) is 2.13. The normalized spacial score (nSPS) is 10.9. The monoisotopic (exact) mass is 209 g/mol. The van der Waals surface area contributed by atoms with E-state index >= 15 is 0 Å². The number of carboxylic acid groups (broad SMARTS) is 1. The first kappa shape index (κ1) is 9.27. The predicted octanol–water partition coefficient (Wildman–Crippen LogP) is 2.35. The van der Waals surface area contributed by atoms with E-state index < -0.39 is 5.97 Å². The van der Waals surface area contributed by atoms with E-state index in [0.29, 0.717) is 0 Å². The average Bonchev–Trinajstić information content (AvgIpc) is 2.67. The van der Waals surface area contributed by atoms with Crippen molar-refractivity contribution in [2.75, 3.05) is 0 Å². The van der Waals surface area contributed by atoms with Crippen LogP contribution in [0, 0.1) is 0 Å². The molecule has 0 radical (unpaired) electrons. The van der Waals surface area contributed by atoms with Crippen molar-refractivity contribution in [2.45, 2.75) is 19.9 Å². The van der Waals surface area contributed by atoms with Crippen LogP contribution in [-0.2, 0) is 17.8 Å².